The van der Waals surface area contributed by atoms with Crippen LogP contribution in [0.15, 0.2) is 0 Å². The molecule has 1 rings (SSSR count). The number of rotatable bonds is 6. The van der Waals surface area contributed by atoms with Crippen LogP contribution in [-0.2, 0) is 14.4 Å². The highest BCUT2D eigenvalue weighted by Crippen LogP contribution is 2.24. The zero-order chi connectivity index (χ0) is 14.4. The molecule has 1 unspecified atom stereocenters. The molecule has 6 nitrogen and oxygen atoms in total. The Morgan fingerprint density at radius 2 is 1.89 bits per heavy atom. The van der Waals surface area contributed by atoms with Crippen LogP contribution in [0.1, 0.15) is 39.5 Å². The van der Waals surface area contributed by atoms with E-state index in [1.165, 1.54) is 4.90 Å². The quantitative estimate of drug-likeness (QED) is 0.740. The second-order valence-electron chi connectivity index (χ2n) is 4.96. The summed E-state index contributed by atoms with van der Waals surface area (Å²) in [5, 5.41) is 11.4. The molecule has 0 bridgehead atoms. The molecule has 2 N–H and O–H groups in total. The van der Waals surface area contributed by atoms with E-state index in [2.05, 4.69) is 5.32 Å². The number of hydrogen-bond donors (Lipinski definition) is 2. The van der Waals surface area contributed by atoms with Crippen LogP contribution >= 0.6 is 0 Å². The number of likely N-dealkylation sites (N-methyl/N-ethyl adjacent to an activating group) is 1. The smallest absolute Gasteiger partial charge is 0.323 e. The predicted octanol–water partition coefficient (Wildman–Crippen LogP) is 0.614. The van der Waals surface area contributed by atoms with E-state index in [1.54, 1.807) is 13.8 Å². The predicted molar refractivity (Wildman–Crippen MR) is 69.5 cm³/mol. The zero-order valence-electron chi connectivity index (χ0n) is 11.5. The van der Waals surface area contributed by atoms with Crippen molar-refractivity contribution in [2.45, 2.75) is 45.6 Å². The van der Waals surface area contributed by atoms with Crippen LogP contribution in [0.4, 0.5) is 0 Å². The number of carbonyl (C=O) groups excluding carboxylic acids is 2. The fraction of sp³-hybridized carbons (Fsp3) is 0.769. The van der Waals surface area contributed by atoms with Gasteiger partial charge < -0.3 is 15.3 Å². The Kier molecular flexibility index (Phi) is 5.79. The van der Waals surface area contributed by atoms with E-state index in [9.17, 15) is 14.4 Å². The van der Waals surface area contributed by atoms with Gasteiger partial charge in [0.1, 0.15) is 12.6 Å². The maximum absolute atomic E-state index is 12.0. The first-order chi connectivity index (χ1) is 8.95. The summed E-state index contributed by atoms with van der Waals surface area (Å²) >= 11 is 0. The van der Waals surface area contributed by atoms with Gasteiger partial charge in [-0.05, 0) is 26.7 Å². The summed E-state index contributed by atoms with van der Waals surface area (Å²) in [7, 11) is 0. The lowest BCUT2D eigenvalue weighted by Gasteiger charge is -2.24. The van der Waals surface area contributed by atoms with Crippen molar-refractivity contribution >= 4 is 17.8 Å². The highest BCUT2D eigenvalue weighted by Gasteiger charge is 2.27. The zero-order valence-corrected chi connectivity index (χ0v) is 11.5. The Balaban J connectivity index is 2.50. The molecule has 1 atom stereocenters. The molecule has 1 aliphatic rings. The van der Waals surface area contributed by atoms with Crippen LogP contribution in [0, 0.1) is 5.92 Å². The third-order valence-electron chi connectivity index (χ3n) is 3.47. The number of aliphatic carboxylic acids is 1. The lowest BCUT2D eigenvalue weighted by molar-refractivity contribution is -0.145. The monoisotopic (exact) mass is 270 g/mol. The summed E-state index contributed by atoms with van der Waals surface area (Å²) in [6.07, 6.45) is 3.86. The van der Waals surface area contributed by atoms with Crippen LogP contribution < -0.4 is 5.32 Å². The fourth-order valence-electron chi connectivity index (χ4n) is 2.36. The minimum atomic E-state index is -1.05. The van der Waals surface area contributed by atoms with Gasteiger partial charge in [-0.1, -0.05) is 12.8 Å². The van der Waals surface area contributed by atoms with Crippen molar-refractivity contribution in [1.29, 1.82) is 0 Å². The molecule has 1 aliphatic carbocycles. The van der Waals surface area contributed by atoms with Gasteiger partial charge in [-0.25, -0.2) is 0 Å². The molecule has 0 aromatic rings. The Bertz CT molecular complexity index is 351. The normalized spacial score (nSPS) is 16.9. The van der Waals surface area contributed by atoms with Crippen LogP contribution in [-0.4, -0.2) is 46.9 Å². The molecule has 0 radical (unpaired) electrons. The largest absolute Gasteiger partial charge is 0.480 e. The van der Waals surface area contributed by atoms with Crippen molar-refractivity contribution in [3.8, 4) is 0 Å². The molecule has 1 fully saturated rings. The summed E-state index contributed by atoms with van der Waals surface area (Å²) in [4.78, 5) is 35.8. The molecule has 0 saturated heterocycles. The van der Waals surface area contributed by atoms with Gasteiger partial charge in [0.15, 0.2) is 0 Å². The molecule has 0 spiro atoms. The van der Waals surface area contributed by atoms with Crippen LogP contribution in [0.3, 0.4) is 0 Å². The van der Waals surface area contributed by atoms with Gasteiger partial charge in [-0.3, -0.25) is 14.4 Å². The average molecular weight is 270 g/mol. The summed E-state index contributed by atoms with van der Waals surface area (Å²) in [6, 6.07) is -0.674. The molecular weight excluding hydrogens is 248 g/mol. The van der Waals surface area contributed by atoms with Gasteiger partial charge >= 0.3 is 5.97 Å². The molecular formula is C13H22N2O4. The Labute approximate surface area is 113 Å². The Morgan fingerprint density at radius 3 is 2.37 bits per heavy atom. The second kappa shape index (κ2) is 7.11. The highest BCUT2D eigenvalue weighted by atomic mass is 16.4. The standard InChI is InChI=1S/C13H22N2O4/c1-3-15(8-11(16)17)13(19)9(2)14-12(18)10-6-4-5-7-10/h9-10H,3-8H2,1-2H3,(H,14,18)(H,16,17). The fourth-order valence-corrected chi connectivity index (χ4v) is 2.36. The lowest BCUT2D eigenvalue weighted by Crippen LogP contribution is -2.49. The molecule has 0 aromatic carbocycles. The number of carboxylic acid groups (broad SMARTS) is 1. The summed E-state index contributed by atoms with van der Waals surface area (Å²) in [5.74, 6) is -1.49. The first-order valence-corrected chi connectivity index (χ1v) is 6.76. The van der Waals surface area contributed by atoms with Crippen molar-refractivity contribution in [3.63, 3.8) is 0 Å². The van der Waals surface area contributed by atoms with Gasteiger partial charge in [0.05, 0.1) is 0 Å². The number of carbonyl (C=O) groups is 3. The molecule has 19 heavy (non-hydrogen) atoms. The topological polar surface area (TPSA) is 86.7 Å². The molecule has 0 aromatic heterocycles. The second-order valence-corrected chi connectivity index (χ2v) is 4.96. The highest BCUT2D eigenvalue weighted by molar-refractivity contribution is 5.89. The number of amides is 2. The van der Waals surface area contributed by atoms with E-state index < -0.39 is 12.0 Å². The molecule has 0 heterocycles. The van der Waals surface area contributed by atoms with Gasteiger partial charge in [-0.2, -0.15) is 0 Å². The first kappa shape index (κ1) is 15.5. The third kappa shape index (κ3) is 4.54. The maximum atomic E-state index is 12.0. The van der Waals surface area contributed by atoms with Crippen molar-refractivity contribution in [2.75, 3.05) is 13.1 Å². The molecule has 2 amide bonds. The van der Waals surface area contributed by atoms with Crippen molar-refractivity contribution < 1.29 is 19.5 Å². The van der Waals surface area contributed by atoms with Gasteiger partial charge in [0.2, 0.25) is 11.8 Å². The van der Waals surface area contributed by atoms with E-state index in [0.29, 0.717) is 6.54 Å². The van der Waals surface area contributed by atoms with Crippen molar-refractivity contribution in [2.24, 2.45) is 5.92 Å². The summed E-state index contributed by atoms with van der Waals surface area (Å²) in [5.41, 5.74) is 0. The maximum Gasteiger partial charge on any atom is 0.323 e. The van der Waals surface area contributed by atoms with Crippen LogP contribution in [0.5, 0.6) is 0 Å². The van der Waals surface area contributed by atoms with Crippen molar-refractivity contribution in [3.05, 3.63) is 0 Å². The molecule has 1 saturated carbocycles. The van der Waals surface area contributed by atoms with Gasteiger partial charge in [-0.15, -0.1) is 0 Å². The summed E-state index contributed by atoms with van der Waals surface area (Å²) in [6.45, 7) is 3.29. The van der Waals surface area contributed by atoms with Crippen molar-refractivity contribution in [1.82, 2.24) is 10.2 Å². The van der Waals surface area contributed by atoms with Crippen LogP contribution in [0.25, 0.3) is 0 Å². The van der Waals surface area contributed by atoms with E-state index in [4.69, 9.17) is 5.11 Å². The molecule has 6 heteroatoms. The average Bonchev–Trinajstić information content (AvgIpc) is 2.88. The van der Waals surface area contributed by atoms with E-state index in [1.807, 2.05) is 0 Å². The first-order valence-electron chi connectivity index (χ1n) is 6.76. The van der Waals surface area contributed by atoms with Gasteiger partial charge in [0, 0.05) is 12.5 Å². The number of carboxylic acids is 1. The van der Waals surface area contributed by atoms with Gasteiger partial charge in [0.25, 0.3) is 0 Å². The lowest BCUT2D eigenvalue weighted by atomic mass is 10.1. The van der Waals surface area contributed by atoms with Crippen LogP contribution in [0.2, 0.25) is 0 Å². The Hall–Kier alpha value is -1.59. The summed E-state index contributed by atoms with van der Waals surface area (Å²) < 4.78 is 0. The third-order valence-corrected chi connectivity index (χ3v) is 3.47. The number of hydrogen-bond acceptors (Lipinski definition) is 3. The Morgan fingerprint density at radius 1 is 1.32 bits per heavy atom. The van der Waals surface area contributed by atoms with E-state index in [-0.39, 0.29) is 24.3 Å². The minimum absolute atomic E-state index is 0.00444. The molecule has 0 aliphatic heterocycles. The SMILES string of the molecule is CCN(CC(=O)O)C(=O)C(C)NC(=O)C1CCCC1. The molecule has 108 valence electrons. The number of nitrogens with zero attached hydrogens (tertiary/aromatic N) is 1. The van der Waals surface area contributed by atoms with E-state index in [0.717, 1.165) is 25.7 Å². The van der Waals surface area contributed by atoms with E-state index >= 15 is 0 Å². The number of nitrogens with one attached hydrogen (secondary N) is 1. The minimum Gasteiger partial charge on any atom is -0.480 e.